The third-order valence-corrected chi connectivity index (χ3v) is 4.62. The smallest absolute Gasteiger partial charge is 0.330 e. The molecule has 0 radical (unpaired) electrons. The molecule has 1 heterocycles. The molecular weight excluding hydrogens is 360 g/mol. The number of benzene rings is 2. The van der Waals surface area contributed by atoms with Gasteiger partial charge in [-0.3, -0.25) is 9.59 Å². The van der Waals surface area contributed by atoms with E-state index in [1.165, 1.54) is 4.90 Å². The second-order valence-corrected chi connectivity index (χ2v) is 6.50. The van der Waals surface area contributed by atoms with Gasteiger partial charge in [0.05, 0.1) is 18.2 Å². The average molecular weight is 382 g/mol. The van der Waals surface area contributed by atoms with Crippen LogP contribution in [0.4, 0.5) is 5.69 Å². The van der Waals surface area contributed by atoms with E-state index in [4.69, 9.17) is 4.74 Å². The third-order valence-electron chi connectivity index (χ3n) is 4.62. The minimum absolute atomic E-state index is 0.0213. The van der Waals surface area contributed by atoms with Crippen LogP contribution in [-0.4, -0.2) is 36.0 Å². The van der Waals surface area contributed by atoms with Crippen LogP contribution in [0.1, 0.15) is 24.9 Å². The molecule has 0 aliphatic carbocycles. The minimum Gasteiger partial charge on any atom is -0.492 e. The fourth-order valence-corrected chi connectivity index (χ4v) is 3.27. The summed E-state index contributed by atoms with van der Waals surface area (Å²) in [5, 5.41) is 12.0. The van der Waals surface area contributed by atoms with Gasteiger partial charge in [-0.25, -0.2) is 4.79 Å². The summed E-state index contributed by atoms with van der Waals surface area (Å²) in [6.45, 7) is 2.49. The van der Waals surface area contributed by atoms with Crippen LogP contribution < -0.4 is 15.0 Å². The highest BCUT2D eigenvalue weighted by Gasteiger charge is 2.37. The normalized spacial score (nSPS) is 17.2. The first-order valence-corrected chi connectivity index (χ1v) is 9.11. The maximum Gasteiger partial charge on any atom is 0.330 e. The summed E-state index contributed by atoms with van der Waals surface area (Å²) in [4.78, 5) is 38.3. The molecule has 2 atom stereocenters. The van der Waals surface area contributed by atoms with Crippen LogP contribution in [0.2, 0.25) is 0 Å². The van der Waals surface area contributed by atoms with E-state index in [-0.39, 0.29) is 18.9 Å². The van der Waals surface area contributed by atoms with Crippen LogP contribution in [-0.2, 0) is 14.4 Å². The van der Waals surface area contributed by atoms with E-state index in [0.717, 1.165) is 0 Å². The summed E-state index contributed by atoms with van der Waals surface area (Å²) in [6.07, 6.45) is 0.0213. The lowest BCUT2D eigenvalue weighted by Gasteiger charge is -2.21. The van der Waals surface area contributed by atoms with Gasteiger partial charge >= 0.3 is 5.97 Å². The summed E-state index contributed by atoms with van der Waals surface area (Å²) < 4.78 is 5.58. The molecule has 7 heteroatoms. The molecule has 28 heavy (non-hydrogen) atoms. The molecule has 1 aliphatic rings. The van der Waals surface area contributed by atoms with Crippen molar-refractivity contribution >= 4 is 23.5 Å². The molecule has 2 N–H and O–H groups in total. The number of carboxylic acid groups (broad SMARTS) is 1. The van der Waals surface area contributed by atoms with E-state index in [2.05, 4.69) is 5.32 Å². The van der Waals surface area contributed by atoms with Crippen LogP contribution in [0.3, 0.4) is 0 Å². The number of anilines is 1. The van der Waals surface area contributed by atoms with E-state index in [9.17, 15) is 19.5 Å². The van der Waals surface area contributed by atoms with Crippen LogP contribution >= 0.6 is 0 Å². The monoisotopic (exact) mass is 382 g/mol. The lowest BCUT2D eigenvalue weighted by atomic mass is 10.0. The predicted molar refractivity (Wildman–Crippen MR) is 103 cm³/mol. The molecule has 2 unspecified atom stereocenters. The molecule has 3 rings (SSSR count). The van der Waals surface area contributed by atoms with Crippen molar-refractivity contribution in [2.75, 3.05) is 18.1 Å². The lowest BCUT2D eigenvalue weighted by Crippen LogP contribution is -2.38. The molecule has 0 spiro atoms. The van der Waals surface area contributed by atoms with Gasteiger partial charge in [-0.1, -0.05) is 42.5 Å². The Labute approximate surface area is 162 Å². The Morgan fingerprint density at radius 1 is 1.18 bits per heavy atom. The van der Waals surface area contributed by atoms with Crippen LogP contribution in [0.25, 0.3) is 0 Å². The number of carbonyl (C=O) groups is 3. The van der Waals surface area contributed by atoms with Gasteiger partial charge in [0.1, 0.15) is 5.75 Å². The van der Waals surface area contributed by atoms with Crippen molar-refractivity contribution < 1.29 is 24.2 Å². The molecule has 146 valence electrons. The first-order valence-electron chi connectivity index (χ1n) is 9.11. The van der Waals surface area contributed by atoms with Gasteiger partial charge < -0.3 is 20.1 Å². The first kappa shape index (κ1) is 19.4. The highest BCUT2D eigenvalue weighted by Crippen LogP contribution is 2.33. The fraction of sp³-hybridized carbons (Fsp3) is 0.286. The number of rotatable bonds is 7. The number of nitrogens with one attached hydrogen (secondary N) is 1. The van der Waals surface area contributed by atoms with Crippen LogP contribution in [0, 0.1) is 5.92 Å². The van der Waals surface area contributed by atoms with Crippen molar-refractivity contribution in [3.63, 3.8) is 0 Å². The SMILES string of the molecule is CCOc1ccccc1N1CC(C(=O)NC(C(=O)O)c2ccccc2)CC1=O. The summed E-state index contributed by atoms with van der Waals surface area (Å²) in [5.41, 5.74) is 1.09. The lowest BCUT2D eigenvalue weighted by molar-refractivity contribution is -0.142. The first-order chi connectivity index (χ1) is 13.5. The zero-order chi connectivity index (χ0) is 20.1. The maximum absolute atomic E-state index is 12.7. The Kier molecular flexibility index (Phi) is 5.93. The Hall–Kier alpha value is -3.35. The topological polar surface area (TPSA) is 95.9 Å². The molecule has 0 saturated carbocycles. The number of nitrogens with zero attached hydrogens (tertiary/aromatic N) is 1. The van der Waals surface area contributed by atoms with Crippen molar-refractivity contribution in [2.24, 2.45) is 5.92 Å². The number of hydrogen-bond acceptors (Lipinski definition) is 4. The zero-order valence-electron chi connectivity index (χ0n) is 15.5. The highest BCUT2D eigenvalue weighted by molar-refractivity contribution is 6.01. The molecule has 7 nitrogen and oxygen atoms in total. The molecular formula is C21H22N2O5. The van der Waals surface area contributed by atoms with Gasteiger partial charge in [-0.2, -0.15) is 0 Å². The number of carboxylic acids is 1. The van der Waals surface area contributed by atoms with E-state index < -0.39 is 23.8 Å². The van der Waals surface area contributed by atoms with E-state index in [1.54, 1.807) is 48.5 Å². The van der Waals surface area contributed by atoms with Crippen molar-refractivity contribution in [2.45, 2.75) is 19.4 Å². The summed E-state index contributed by atoms with van der Waals surface area (Å²) in [6, 6.07) is 14.5. The quantitative estimate of drug-likeness (QED) is 0.767. The highest BCUT2D eigenvalue weighted by atomic mass is 16.5. The number of carbonyl (C=O) groups excluding carboxylic acids is 2. The summed E-state index contributed by atoms with van der Waals surface area (Å²) in [7, 11) is 0. The summed E-state index contributed by atoms with van der Waals surface area (Å²) in [5.74, 6) is -1.86. The molecule has 0 bridgehead atoms. The van der Waals surface area contributed by atoms with E-state index in [1.807, 2.05) is 13.0 Å². The van der Waals surface area contributed by atoms with E-state index >= 15 is 0 Å². The van der Waals surface area contributed by atoms with Gasteiger partial charge in [0, 0.05) is 13.0 Å². The van der Waals surface area contributed by atoms with Crippen molar-refractivity contribution in [1.29, 1.82) is 0 Å². The van der Waals surface area contributed by atoms with Gasteiger partial charge in [0.15, 0.2) is 6.04 Å². The molecule has 0 aromatic heterocycles. The molecule has 2 amide bonds. The van der Waals surface area contributed by atoms with Crippen molar-refractivity contribution in [3.05, 3.63) is 60.2 Å². The van der Waals surface area contributed by atoms with E-state index in [0.29, 0.717) is 23.6 Å². The number of aliphatic carboxylic acids is 1. The second-order valence-electron chi connectivity index (χ2n) is 6.50. The number of para-hydroxylation sites is 2. The predicted octanol–water partition coefficient (Wildman–Crippen LogP) is 2.38. The minimum atomic E-state index is -1.16. The standard InChI is InChI=1S/C21H22N2O5/c1-2-28-17-11-7-6-10-16(17)23-13-15(12-18(23)24)20(25)22-19(21(26)27)14-8-4-3-5-9-14/h3-11,15,19H,2,12-13H2,1H3,(H,22,25)(H,26,27). The van der Waals surface area contributed by atoms with Crippen molar-refractivity contribution in [3.8, 4) is 5.75 Å². The average Bonchev–Trinajstić information content (AvgIpc) is 3.09. The van der Waals surface area contributed by atoms with Gasteiger partial charge in [0.25, 0.3) is 0 Å². The third kappa shape index (κ3) is 4.14. The number of ether oxygens (including phenoxy) is 1. The van der Waals surface area contributed by atoms with Crippen LogP contribution in [0.5, 0.6) is 5.75 Å². The molecule has 1 fully saturated rings. The fourth-order valence-electron chi connectivity index (χ4n) is 3.27. The van der Waals surface area contributed by atoms with Crippen molar-refractivity contribution in [1.82, 2.24) is 5.32 Å². The van der Waals surface area contributed by atoms with Gasteiger partial charge in [-0.15, -0.1) is 0 Å². The Morgan fingerprint density at radius 2 is 1.86 bits per heavy atom. The van der Waals surface area contributed by atoms with Gasteiger partial charge in [-0.05, 0) is 24.6 Å². The Morgan fingerprint density at radius 3 is 2.54 bits per heavy atom. The molecule has 2 aromatic carbocycles. The zero-order valence-corrected chi connectivity index (χ0v) is 15.5. The van der Waals surface area contributed by atoms with Crippen LogP contribution in [0.15, 0.2) is 54.6 Å². The Balaban J connectivity index is 1.74. The summed E-state index contributed by atoms with van der Waals surface area (Å²) >= 11 is 0. The maximum atomic E-state index is 12.7. The number of hydrogen-bond donors (Lipinski definition) is 2. The largest absolute Gasteiger partial charge is 0.492 e. The Bertz CT molecular complexity index is 868. The molecule has 1 aliphatic heterocycles. The second kappa shape index (κ2) is 8.56. The number of amides is 2. The molecule has 1 saturated heterocycles. The molecule has 2 aromatic rings. The van der Waals surface area contributed by atoms with Gasteiger partial charge in [0.2, 0.25) is 11.8 Å².